The molecule has 21 heavy (non-hydrogen) atoms. The molecule has 0 aliphatic carbocycles. The second kappa shape index (κ2) is 5.79. The summed E-state index contributed by atoms with van der Waals surface area (Å²) in [5.74, 6) is 0. The molecule has 1 amide bonds. The Morgan fingerprint density at radius 1 is 1.19 bits per heavy atom. The van der Waals surface area contributed by atoms with Crippen LogP contribution in [0.4, 0.5) is 10.5 Å². The maximum atomic E-state index is 12.2. The minimum Gasteiger partial charge on any atom is -0.444 e. The van der Waals surface area contributed by atoms with E-state index in [1.54, 1.807) is 11.1 Å². The van der Waals surface area contributed by atoms with Crippen LogP contribution >= 0.6 is 0 Å². The Hall–Kier alpha value is -2.62. The topological polar surface area (TPSA) is 41.9 Å². The molecule has 0 saturated heterocycles. The number of fused-ring (bicyclic) bond motifs is 1. The monoisotopic (exact) mass is 280 g/mol. The summed E-state index contributed by atoms with van der Waals surface area (Å²) in [7, 11) is 0. The number of aryl methyl sites for hydroxylation is 1. The van der Waals surface area contributed by atoms with Crippen LogP contribution in [0.1, 0.15) is 16.7 Å². The van der Waals surface area contributed by atoms with Crippen molar-refractivity contribution < 1.29 is 9.53 Å². The second-order valence-electron chi connectivity index (χ2n) is 4.98. The molecule has 1 aliphatic heterocycles. The van der Waals surface area contributed by atoms with Crippen molar-refractivity contribution in [3.05, 3.63) is 65.2 Å². The van der Waals surface area contributed by atoms with Crippen molar-refractivity contribution in [3.63, 3.8) is 0 Å². The van der Waals surface area contributed by atoms with Crippen molar-refractivity contribution >= 4 is 18.0 Å². The third-order valence-corrected chi connectivity index (χ3v) is 3.38. The van der Waals surface area contributed by atoms with Crippen LogP contribution in [0.2, 0.25) is 0 Å². The minimum absolute atomic E-state index is 0.265. The number of carbonyl (C=O) groups excluding carboxylic acids is 1. The molecule has 0 saturated carbocycles. The van der Waals surface area contributed by atoms with E-state index in [2.05, 4.69) is 4.99 Å². The smallest absolute Gasteiger partial charge is 0.416 e. The van der Waals surface area contributed by atoms with Crippen LogP contribution in [0.3, 0.4) is 0 Å². The molecule has 0 radical (unpaired) electrons. The predicted octanol–water partition coefficient (Wildman–Crippen LogP) is 3.53. The molecule has 0 atom stereocenters. The summed E-state index contributed by atoms with van der Waals surface area (Å²) in [6, 6.07) is 15.6. The van der Waals surface area contributed by atoms with E-state index in [4.69, 9.17) is 4.74 Å². The Labute approximate surface area is 123 Å². The molecular weight excluding hydrogens is 264 g/mol. The standard InChI is InChI=1S/C17H16N2O2/c1-13-6-8-14(9-7-13)11-21-17(20)19-12-18-10-15-4-2-3-5-16(15)19/h2-10H,11-12H2,1H3. The first-order chi connectivity index (χ1) is 10.2. The van der Waals surface area contributed by atoms with Crippen LogP contribution in [-0.4, -0.2) is 19.0 Å². The number of nitrogens with zero attached hydrogens (tertiary/aromatic N) is 2. The van der Waals surface area contributed by atoms with Gasteiger partial charge in [-0.2, -0.15) is 0 Å². The van der Waals surface area contributed by atoms with Crippen LogP contribution in [0.15, 0.2) is 53.5 Å². The highest BCUT2D eigenvalue weighted by atomic mass is 16.6. The first-order valence-corrected chi connectivity index (χ1v) is 6.83. The van der Waals surface area contributed by atoms with Crippen LogP contribution < -0.4 is 4.90 Å². The highest BCUT2D eigenvalue weighted by Crippen LogP contribution is 2.23. The van der Waals surface area contributed by atoms with E-state index in [1.807, 2.05) is 55.5 Å². The van der Waals surface area contributed by atoms with Crippen molar-refractivity contribution in [2.24, 2.45) is 4.99 Å². The van der Waals surface area contributed by atoms with Gasteiger partial charge in [0.1, 0.15) is 13.3 Å². The fourth-order valence-electron chi connectivity index (χ4n) is 2.20. The molecule has 1 heterocycles. The number of amides is 1. The van der Waals surface area contributed by atoms with Crippen LogP contribution in [0.5, 0.6) is 0 Å². The Balaban J connectivity index is 1.69. The molecule has 0 N–H and O–H groups in total. The van der Waals surface area contributed by atoms with Gasteiger partial charge in [-0.25, -0.2) is 4.79 Å². The quantitative estimate of drug-likeness (QED) is 0.844. The van der Waals surface area contributed by atoms with E-state index in [0.717, 1.165) is 16.8 Å². The molecule has 0 spiro atoms. The second-order valence-corrected chi connectivity index (χ2v) is 4.98. The number of hydrogen-bond donors (Lipinski definition) is 0. The van der Waals surface area contributed by atoms with Gasteiger partial charge in [-0.15, -0.1) is 0 Å². The number of carbonyl (C=O) groups is 1. The Bertz CT molecular complexity index is 677. The largest absolute Gasteiger partial charge is 0.444 e. The summed E-state index contributed by atoms with van der Waals surface area (Å²) in [4.78, 5) is 18.0. The van der Waals surface area contributed by atoms with Crippen LogP contribution in [0.25, 0.3) is 0 Å². The van der Waals surface area contributed by atoms with E-state index in [9.17, 15) is 4.79 Å². The van der Waals surface area contributed by atoms with E-state index < -0.39 is 0 Å². The van der Waals surface area contributed by atoms with Crippen molar-refractivity contribution in [2.75, 3.05) is 11.6 Å². The van der Waals surface area contributed by atoms with Crippen molar-refractivity contribution in [1.29, 1.82) is 0 Å². The Morgan fingerprint density at radius 2 is 1.95 bits per heavy atom. The normalized spacial score (nSPS) is 12.9. The molecular formula is C17H16N2O2. The lowest BCUT2D eigenvalue weighted by Gasteiger charge is -2.24. The van der Waals surface area contributed by atoms with E-state index in [1.165, 1.54) is 5.56 Å². The fourth-order valence-corrected chi connectivity index (χ4v) is 2.20. The van der Waals surface area contributed by atoms with Gasteiger partial charge in [-0.1, -0.05) is 48.0 Å². The molecule has 3 rings (SSSR count). The molecule has 4 nitrogen and oxygen atoms in total. The molecule has 2 aromatic carbocycles. The number of para-hydroxylation sites is 1. The number of hydrogen-bond acceptors (Lipinski definition) is 3. The van der Waals surface area contributed by atoms with E-state index in [-0.39, 0.29) is 12.7 Å². The zero-order valence-electron chi connectivity index (χ0n) is 11.8. The summed E-state index contributed by atoms with van der Waals surface area (Å²) in [6.45, 7) is 2.59. The summed E-state index contributed by atoms with van der Waals surface area (Å²) in [5.41, 5.74) is 3.92. The Morgan fingerprint density at radius 3 is 2.76 bits per heavy atom. The van der Waals surface area contributed by atoms with Crippen molar-refractivity contribution in [1.82, 2.24) is 0 Å². The minimum atomic E-state index is -0.375. The number of ether oxygens (including phenoxy) is 1. The number of benzene rings is 2. The van der Waals surface area contributed by atoms with Gasteiger partial charge in [0.25, 0.3) is 0 Å². The zero-order valence-corrected chi connectivity index (χ0v) is 11.8. The molecule has 2 aromatic rings. The van der Waals surface area contributed by atoms with Crippen LogP contribution in [-0.2, 0) is 11.3 Å². The molecule has 0 unspecified atom stereocenters. The van der Waals surface area contributed by atoms with Gasteiger partial charge < -0.3 is 4.74 Å². The summed E-state index contributed by atoms with van der Waals surface area (Å²) >= 11 is 0. The van der Waals surface area contributed by atoms with Crippen molar-refractivity contribution in [2.45, 2.75) is 13.5 Å². The molecule has 0 bridgehead atoms. The van der Waals surface area contributed by atoms with Gasteiger partial charge >= 0.3 is 6.09 Å². The predicted molar refractivity (Wildman–Crippen MR) is 82.7 cm³/mol. The van der Waals surface area contributed by atoms with Crippen LogP contribution in [0, 0.1) is 6.92 Å². The average molecular weight is 280 g/mol. The Kier molecular flexibility index (Phi) is 3.69. The van der Waals surface area contributed by atoms with E-state index >= 15 is 0 Å². The molecule has 0 fully saturated rings. The third-order valence-electron chi connectivity index (χ3n) is 3.38. The van der Waals surface area contributed by atoms with Gasteiger partial charge in [0, 0.05) is 11.8 Å². The lowest BCUT2D eigenvalue weighted by molar-refractivity contribution is 0.147. The number of anilines is 1. The van der Waals surface area contributed by atoms with Crippen molar-refractivity contribution in [3.8, 4) is 0 Å². The first kappa shape index (κ1) is 13.4. The lowest BCUT2D eigenvalue weighted by atomic mass is 10.1. The zero-order chi connectivity index (χ0) is 14.7. The lowest BCUT2D eigenvalue weighted by Crippen LogP contribution is -2.34. The fraction of sp³-hybridized carbons (Fsp3) is 0.176. The van der Waals surface area contributed by atoms with Gasteiger partial charge in [-0.3, -0.25) is 9.89 Å². The first-order valence-electron chi connectivity index (χ1n) is 6.83. The van der Waals surface area contributed by atoms with Gasteiger partial charge in [0.05, 0.1) is 5.69 Å². The summed E-state index contributed by atoms with van der Waals surface area (Å²) in [6.07, 6.45) is 1.40. The van der Waals surface area contributed by atoms with Gasteiger partial charge in [-0.05, 0) is 18.6 Å². The average Bonchev–Trinajstić information content (AvgIpc) is 2.53. The van der Waals surface area contributed by atoms with Gasteiger partial charge in [0.15, 0.2) is 0 Å². The molecule has 1 aliphatic rings. The highest BCUT2D eigenvalue weighted by molar-refractivity contribution is 5.98. The summed E-state index contributed by atoms with van der Waals surface area (Å²) < 4.78 is 5.38. The SMILES string of the molecule is Cc1ccc(COC(=O)N2CN=Cc3ccccc32)cc1. The maximum Gasteiger partial charge on any atom is 0.416 e. The molecule has 4 heteroatoms. The van der Waals surface area contributed by atoms with Gasteiger partial charge in [0.2, 0.25) is 0 Å². The van der Waals surface area contributed by atoms with E-state index in [0.29, 0.717) is 6.67 Å². The maximum absolute atomic E-state index is 12.2. The number of rotatable bonds is 2. The molecule has 0 aromatic heterocycles. The molecule has 106 valence electrons. The summed E-state index contributed by atoms with van der Waals surface area (Å²) in [5, 5.41) is 0. The number of aliphatic imine (C=N–C) groups is 1. The third kappa shape index (κ3) is 2.94. The highest BCUT2D eigenvalue weighted by Gasteiger charge is 2.21.